The van der Waals surface area contributed by atoms with Crippen molar-refractivity contribution in [1.82, 2.24) is 0 Å². The van der Waals surface area contributed by atoms with Crippen LogP contribution in [-0.2, 0) is 0 Å². The maximum Gasteiger partial charge on any atom is 0.246 e. The molecule has 0 amide bonds. The largest absolute Gasteiger partial charge is 0.345 e. The van der Waals surface area contributed by atoms with E-state index in [0.29, 0.717) is 0 Å². The lowest BCUT2D eigenvalue weighted by molar-refractivity contribution is 1.23. The van der Waals surface area contributed by atoms with Crippen molar-refractivity contribution in [2.45, 2.75) is 0 Å². The molecule has 0 bridgehead atoms. The molecular weight excluding hydrogens is 661 g/mol. The van der Waals surface area contributed by atoms with Crippen LogP contribution in [0.15, 0.2) is 200 Å². The molecule has 1 nitrogen and oxygen atoms in total. The van der Waals surface area contributed by atoms with Gasteiger partial charge in [-0.2, -0.15) is 0 Å². The Morgan fingerprint density at radius 1 is 0.364 bits per heavy atom. The van der Waals surface area contributed by atoms with Gasteiger partial charge in [0.25, 0.3) is 0 Å². The van der Waals surface area contributed by atoms with Gasteiger partial charge in [-0.25, -0.2) is 0 Å². The van der Waals surface area contributed by atoms with E-state index in [2.05, 4.69) is 212 Å². The Morgan fingerprint density at radius 2 is 0.855 bits per heavy atom. The highest BCUT2D eigenvalue weighted by atomic mass is 15.1. The van der Waals surface area contributed by atoms with E-state index in [9.17, 15) is 0 Å². The zero-order chi connectivity index (χ0) is 36.5. The van der Waals surface area contributed by atoms with E-state index in [1.54, 1.807) is 0 Å². The SMILES string of the molecule is CN1c2ccccc2B(c2ccccc2)c2cc3ccc4c(-c5ccccc5-c5ccccc5)cc(-c5ccccc5-c5ccccc5)c5ccc(c21)c3c45. The van der Waals surface area contributed by atoms with Gasteiger partial charge in [-0.3, -0.25) is 0 Å². The topological polar surface area (TPSA) is 3.24 Å². The first-order valence-electron chi connectivity index (χ1n) is 19.2. The van der Waals surface area contributed by atoms with Gasteiger partial charge < -0.3 is 4.90 Å². The molecule has 10 aromatic rings. The van der Waals surface area contributed by atoms with Crippen molar-refractivity contribution < 1.29 is 0 Å². The zero-order valence-electron chi connectivity index (χ0n) is 30.6. The van der Waals surface area contributed by atoms with Crippen LogP contribution in [0.3, 0.4) is 0 Å². The van der Waals surface area contributed by atoms with Crippen molar-refractivity contribution in [3.63, 3.8) is 0 Å². The van der Waals surface area contributed by atoms with E-state index >= 15 is 0 Å². The predicted molar refractivity (Wildman–Crippen MR) is 237 cm³/mol. The Labute approximate surface area is 322 Å². The van der Waals surface area contributed by atoms with Crippen LogP contribution in [0.1, 0.15) is 0 Å². The van der Waals surface area contributed by atoms with Crippen molar-refractivity contribution in [2.75, 3.05) is 11.9 Å². The summed E-state index contributed by atoms with van der Waals surface area (Å²) < 4.78 is 0. The number of hydrogen-bond acceptors (Lipinski definition) is 1. The Morgan fingerprint density at radius 3 is 1.47 bits per heavy atom. The van der Waals surface area contributed by atoms with Gasteiger partial charge in [0, 0.05) is 23.8 Å². The van der Waals surface area contributed by atoms with E-state index in [4.69, 9.17) is 0 Å². The second kappa shape index (κ2) is 12.6. The molecule has 2 heteroatoms. The summed E-state index contributed by atoms with van der Waals surface area (Å²) in [4.78, 5) is 2.44. The van der Waals surface area contributed by atoms with Crippen molar-refractivity contribution in [1.29, 1.82) is 0 Å². The van der Waals surface area contributed by atoms with E-state index in [0.717, 1.165) is 0 Å². The average molecular weight is 698 g/mol. The fourth-order valence-electron chi connectivity index (χ4n) is 9.52. The molecule has 0 unspecified atom stereocenters. The molecule has 0 spiro atoms. The molecule has 0 atom stereocenters. The van der Waals surface area contributed by atoms with E-state index < -0.39 is 0 Å². The quantitative estimate of drug-likeness (QED) is 0.128. The smallest absolute Gasteiger partial charge is 0.246 e. The van der Waals surface area contributed by atoms with Crippen molar-refractivity contribution in [3.8, 4) is 44.5 Å². The molecule has 55 heavy (non-hydrogen) atoms. The molecule has 0 aliphatic carbocycles. The summed E-state index contributed by atoms with van der Waals surface area (Å²) in [7, 11) is 2.25. The van der Waals surface area contributed by atoms with Crippen LogP contribution in [0.2, 0.25) is 0 Å². The van der Waals surface area contributed by atoms with Crippen LogP contribution in [-0.4, -0.2) is 13.8 Å². The van der Waals surface area contributed by atoms with E-state index in [1.165, 1.54) is 105 Å². The number of nitrogens with zero attached hydrogens (tertiary/aromatic N) is 1. The fraction of sp³-hybridized carbons (Fsp3) is 0.0189. The maximum absolute atomic E-state index is 2.49. The molecule has 1 heterocycles. The van der Waals surface area contributed by atoms with Gasteiger partial charge in [0.05, 0.1) is 0 Å². The normalized spacial score (nSPS) is 12.4. The fourth-order valence-corrected chi connectivity index (χ4v) is 9.52. The molecule has 10 aromatic carbocycles. The lowest BCUT2D eigenvalue weighted by Crippen LogP contribution is -2.57. The molecule has 0 N–H and O–H groups in total. The summed E-state index contributed by atoms with van der Waals surface area (Å²) in [6.07, 6.45) is 0. The summed E-state index contributed by atoms with van der Waals surface area (Å²) in [6, 6.07) is 74.0. The lowest BCUT2D eigenvalue weighted by Gasteiger charge is -2.36. The first kappa shape index (κ1) is 31.6. The predicted octanol–water partition coefficient (Wildman–Crippen LogP) is 11.8. The van der Waals surface area contributed by atoms with Gasteiger partial charge in [-0.1, -0.05) is 194 Å². The molecule has 0 saturated carbocycles. The number of benzene rings is 10. The minimum atomic E-state index is 0.132. The number of para-hydroxylation sites is 1. The first-order chi connectivity index (χ1) is 27.2. The van der Waals surface area contributed by atoms with Crippen molar-refractivity contribution in [3.05, 3.63) is 200 Å². The number of fused-ring (bicyclic) bond motifs is 3. The van der Waals surface area contributed by atoms with E-state index in [1.807, 2.05) is 0 Å². The number of anilines is 2. The molecule has 0 aromatic heterocycles. The Kier molecular flexibility index (Phi) is 7.25. The molecule has 0 saturated heterocycles. The minimum Gasteiger partial charge on any atom is -0.345 e. The zero-order valence-corrected chi connectivity index (χ0v) is 30.6. The molecular formula is C53H36BN. The van der Waals surface area contributed by atoms with Crippen LogP contribution in [0.4, 0.5) is 11.4 Å². The highest BCUT2D eigenvalue weighted by Gasteiger charge is 2.35. The van der Waals surface area contributed by atoms with Gasteiger partial charge in [-0.15, -0.1) is 0 Å². The summed E-state index contributed by atoms with van der Waals surface area (Å²) in [5.74, 6) is 0. The molecule has 11 rings (SSSR count). The Bertz CT molecular complexity index is 2940. The van der Waals surface area contributed by atoms with Crippen LogP contribution in [0, 0.1) is 0 Å². The summed E-state index contributed by atoms with van der Waals surface area (Å²) in [5, 5.41) is 7.76. The highest BCUT2D eigenvalue weighted by Crippen LogP contribution is 2.49. The van der Waals surface area contributed by atoms with Gasteiger partial charge >= 0.3 is 0 Å². The molecule has 0 radical (unpaired) electrons. The Hall–Kier alpha value is -6.90. The standard InChI is InChI=1S/C53H36BN/c1-55-50-28-16-15-27-48(50)54(38-21-9-4-10-22-38)49-33-37-29-30-43-46(41-25-13-11-23-39(41)35-17-5-2-6-18-35)34-47(44-31-32-45(53(49)55)51(37)52(43)44)42-26-14-12-24-40(42)36-19-7-3-8-20-36/h2-34H,1H3. The van der Waals surface area contributed by atoms with Crippen molar-refractivity contribution in [2.24, 2.45) is 0 Å². The molecule has 1 aliphatic rings. The summed E-state index contributed by atoms with van der Waals surface area (Å²) >= 11 is 0. The second-order valence-electron chi connectivity index (χ2n) is 14.8. The van der Waals surface area contributed by atoms with Crippen LogP contribution < -0.4 is 21.3 Å². The number of hydrogen-bond donors (Lipinski definition) is 0. The highest BCUT2D eigenvalue weighted by molar-refractivity contribution is 6.98. The molecule has 256 valence electrons. The summed E-state index contributed by atoms with van der Waals surface area (Å²) in [6.45, 7) is 0.132. The van der Waals surface area contributed by atoms with E-state index in [-0.39, 0.29) is 6.71 Å². The van der Waals surface area contributed by atoms with Crippen molar-refractivity contribution >= 4 is 66.8 Å². The minimum absolute atomic E-state index is 0.132. The Balaban J connectivity index is 1.27. The van der Waals surface area contributed by atoms with Gasteiger partial charge in [0.1, 0.15) is 0 Å². The van der Waals surface area contributed by atoms with Gasteiger partial charge in [0.2, 0.25) is 6.71 Å². The summed E-state index contributed by atoms with van der Waals surface area (Å²) in [5.41, 5.74) is 16.4. The lowest BCUT2D eigenvalue weighted by atomic mass is 9.35. The van der Waals surface area contributed by atoms with Crippen LogP contribution in [0.25, 0.3) is 76.8 Å². The maximum atomic E-state index is 2.49. The van der Waals surface area contributed by atoms with Gasteiger partial charge in [-0.05, 0) is 94.5 Å². The third kappa shape index (κ3) is 4.88. The second-order valence-corrected chi connectivity index (χ2v) is 14.8. The monoisotopic (exact) mass is 697 g/mol. The third-order valence-electron chi connectivity index (χ3n) is 11.9. The third-order valence-corrected chi connectivity index (χ3v) is 11.9. The first-order valence-corrected chi connectivity index (χ1v) is 19.2. The average Bonchev–Trinajstić information content (AvgIpc) is 3.26. The molecule has 1 aliphatic heterocycles. The van der Waals surface area contributed by atoms with Gasteiger partial charge in [0.15, 0.2) is 0 Å². The van der Waals surface area contributed by atoms with Crippen LogP contribution in [0.5, 0.6) is 0 Å². The molecule has 0 fully saturated rings. The number of rotatable bonds is 5. The van der Waals surface area contributed by atoms with Crippen LogP contribution >= 0.6 is 0 Å².